The molecule has 2 amide bonds. The fraction of sp³-hybridized carbons (Fsp3) is 0.156. The van der Waals surface area contributed by atoms with Crippen LogP contribution in [0.15, 0.2) is 102 Å². The van der Waals surface area contributed by atoms with Crippen LogP contribution in [0.5, 0.6) is 0 Å². The third-order valence-corrected chi connectivity index (χ3v) is 6.59. The predicted molar refractivity (Wildman–Crippen MR) is 155 cm³/mol. The fourth-order valence-electron chi connectivity index (χ4n) is 4.78. The summed E-state index contributed by atoms with van der Waals surface area (Å²) in [5.74, 6) is -0.412. The second kappa shape index (κ2) is 11.1. The quantitative estimate of drug-likeness (QED) is 0.187. The minimum atomic E-state index is -0.227. The molecule has 0 aliphatic rings. The number of nitrogens with one attached hydrogen (secondary N) is 2. The van der Waals surface area contributed by atoms with Crippen molar-refractivity contribution in [1.29, 1.82) is 0 Å². The molecule has 4 aromatic carbocycles. The lowest BCUT2D eigenvalue weighted by molar-refractivity contribution is -0.120. The highest BCUT2D eigenvalue weighted by Crippen LogP contribution is 2.31. The Bertz CT molecular complexity index is 1630. The molecule has 190 valence electrons. The van der Waals surface area contributed by atoms with E-state index in [0.717, 1.165) is 45.2 Å². The van der Waals surface area contributed by atoms with Crippen LogP contribution in [0.1, 0.15) is 25.8 Å². The van der Waals surface area contributed by atoms with Crippen molar-refractivity contribution in [3.05, 3.63) is 103 Å². The minimum Gasteiger partial charge on any atom is -0.341 e. The van der Waals surface area contributed by atoms with Gasteiger partial charge in [0, 0.05) is 39.7 Å². The van der Waals surface area contributed by atoms with Gasteiger partial charge in [0.1, 0.15) is 0 Å². The molecule has 0 saturated heterocycles. The second-order valence-electron chi connectivity index (χ2n) is 9.34. The van der Waals surface area contributed by atoms with E-state index in [1.54, 1.807) is 6.92 Å². The predicted octanol–water partition coefficient (Wildman–Crippen LogP) is 6.54. The van der Waals surface area contributed by atoms with Crippen molar-refractivity contribution < 1.29 is 9.59 Å². The highest BCUT2D eigenvalue weighted by molar-refractivity contribution is 6.11. The molecule has 0 atom stereocenters. The van der Waals surface area contributed by atoms with Gasteiger partial charge in [-0.15, -0.1) is 0 Å². The van der Waals surface area contributed by atoms with E-state index >= 15 is 0 Å². The third-order valence-electron chi connectivity index (χ3n) is 6.59. The van der Waals surface area contributed by atoms with E-state index in [2.05, 4.69) is 51.6 Å². The molecule has 5 aromatic rings. The molecule has 2 N–H and O–H groups in total. The molecule has 0 fully saturated rings. The van der Waals surface area contributed by atoms with Gasteiger partial charge < -0.3 is 9.88 Å². The number of aryl methyl sites for hydroxylation is 1. The van der Waals surface area contributed by atoms with Crippen LogP contribution in [0, 0.1) is 0 Å². The molecule has 5 rings (SSSR count). The van der Waals surface area contributed by atoms with Gasteiger partial charge in [0.25, 0.3) is 0 Å². The number of anilines is 1. The molecule has 0 spiro atoms. The molecule has 0 unspecified atom stereocenters. The highest BCUT2D eigenvalue weighted by Gasteiger charge is 2.12. The van der Waals surface area contributed by atoms with Crippen molar-refractivity contribution in [3.63, 3.8) is 0 Å². The monoisotopic (exact) mass is 502 g/mol. The number of aromatic nitrogens is 1. The van der Waals surface area contributed by atoms with Gasteiger partial charge in [-0.2, -0.15) is 5.10 Å². The van der Waals surface area contributed by atoms with E-state index in [1.165, 1.54) is 5.52 Å². The number of para-hydroxylation sites is 1. The van der Waals surface area contributed by atoms with Crippen LogP contribution in [0.4, 0.5) is 5.69 Å². The largest absolute Gasteiger partial charge is 0.341 e. The average molecular weight is 503 g/mol. The summed E-state index contributed by atoms with van der Waals surface area (Å²) in [6, 6.07) is 32.3. The van der Waals surface area contributed by atoms with Gasteiger partial charge in [0.05, 0.1) is 12.8 Å². The molecular formula is C32H30N4O2. The first-order valence-corrected chi connectivity index (χ1v) is 12.8. The summed E-state index contributed by atoms with van der Waals surface area (Å²) in [5.41, 5.74) is 9.28. The van der Waals surface area contributed by atoms with E-state index in [1.807, 2.05) is 72.8 Å². The SMILES string of the molecule is CCn1c2ccccc2c2cc(NC(=O)C/C(C)=N/NC(=O)Cc3ccc(-c4ccccc4)cc3)ccc21. The number of hydrazone groups is 1. The third kappa shape index (κ3) is 5.49. The number of amides is 2. The van der Waals surface area contributed by atoms with Crippen LogP contribution in [0.2, 0.25) is 0 Å². The molecule has 0 saturated carbocycles. The first-order valence-electron chi connectivity index (χ1n) is 12.8. The molecule has 1 heterocycles. The number of hydrogen-bond acceptors (Lipinski definition) is 3. The molecule has 0 radical (unpaired) electrons. The average Bonchev–Trinajstić information content (AvgIpc) is 3.25. The minimum absolute atomic E-state index is 0.0841. The molecule has 1 aromatic heterocycles. The van der Waals surface area contributed by atoms with Crippen LogP contribution in [0.25, 0.3) is 32.9 Å². The number of benzene rings is 4. The summed E-state index contributed by atoms with van der Waals surface area (Å²) < 4.78 is 2.27. The van der Waals surface area contributed by atoms with Crippen molar-refractivity contribution in [3.8, 4) is 11.1 Å². The van der Waals surface area contributed by atoms with Crippen LogP contribution < -0.4 is 10.7 Å². The van der Waals surface area contributed by atoms with E-state index in [0.29, 0.717) is 5.71 Å². The Morgan fingerprint density at radius 2 is 1.45 bits per heavy atom. The number of nitrogens with zero attached hydrogens (tertiary/aromatic N) is 2. The summed E-state index contributed by atoms with van der Waals surface area (Å²) >= 11 is 0. The Kier molecular flexibility index (Phi) is 7.31. The standard InChI is InChI=1S/C32H30N4O2/c1-3-36-29-12-8-7-11-27(29)28-21-26(17-18-30(28)36)33-31(37)19-22(2)34-35-32(38)20-23-13-15-25(16-14-23)24-9-5-4-6-10-24/h4-18,21H,3,19-20H2,1-2H3,(H,33,37)(H,35,38)/b34-22+. The van der Waals surface area contributed by atoms with Crippen molar-refractivity contribution >= 4 is 45.0 Å². The maximum atomic E-state index is 12.7. The first kappa shape index (κ1) is 25.0. The lowest BCUT2D eigenvalue weighted by atomic mass is 10.0. The van der Waals surface area contributed by atoms with Gasteiger partial charge in [-0.25, -0.2) is 5.43 Å². The van der Waals surface area contributed by atoms with E-state index in [9.17, 15) is 9.59 Å². The van der Waals surface area contributed by atoms with Crippen LogP contribution in [0.3, 0.4) is 0 Å². The van der Waals surface area contributed by atoms with Crippen molar-refractivity contribution in [2.24, 2.45) is 5.10 Å². The zero-order valence-corrected chi connectivity index (χ0v) is 21.6. The Labute approximate surface area is 222 Å². The first-order chi connectivity index (χ1) is 18.5. The number of rotatable bonds is 8. The number of carbonyl (C=O) groups is 2. The van der Waals surface area contributed by atoms with Gasteiger partial charge in [0.15, 0.2) is 0 Å². The molecule has 0 bridgehead atoms. The van der Waals surface area contributed by atoms with Crippen LogP contribution in [-0.2, 0) is 22.6 Å². The molecular weight excluding hydrogens is 472 g/mol. The highest BCUT2D eigenvalue weighted by atomic mass is 16.2. The topological polar surface area (TPSA) is 75.5 Å². The fourth-order valence-corrected chi connectivity index (χ4v) is 4.78. The number of hydrogen-bond donors (Lipinski definition) is 2. The molecule has 6 nitrogen and oxygen atoms in total. The van der Waals surface area contributed by atoms with Crippen molar-refractivity contribution in [2.75, 3.05) is 5.32 Å². The Morgan fingerprint density at radius 1 is 0.763 bits per heavy atom. The van der Waals surface area contributed by atoms with Crippen LogP contribution in [-0.4, -0.2) is 22.1 Å². The van der Waals surface area contributed by atoms with Gasteiger partial charge >= 0.3 is 0 Å². The Balaban J connectivity index is 1.17. The summed E-state index contributed by atoms with van der Waals surface area (Å²) in [4.78, 5) is 25.0. The maximum Gasteiger partial charge on any atom is 0.244 e. The number of carbonyl (C=O) groups excluding carboxylic acids is 2. The van der Waals surface area contributed by atoms with E-state index in [-0.39, 0.29) is 24.7 Å². The summed E-state index contributed by atoms with van der Waals surface area (Å²) in [7, 11) is 0. The molecule has 6 heteroatoms. The second-order valence-corrected chi connectivity index (χ2v) is 9.34. The lowest BCUT2D eigenvalue weighted by Crippen LogP contribution is -2.22. The molecule has 0 aliphatic carbocycles. The normalized spacial score (nSPS) is 11.6. The number of fused-ring (bicyclic) bond motifs is 3. The summed E-state index contributed by atoms with van der Waals surface area (Å²) in [6.07, 6.45) is 0.296. The molecule has 38 heavy (non-hydrogen) atoms. The van der Waals surface area contributed by atoms with Gasteiger partial charge in [-0.05, 0) is 54.8 Å². The van der Waals surface area contributed by atoms with E-state index < -0.39 is 0 Å². The molecule has 0 aliphatic heterocycles. The van der Waals surface area contributed by atoms with Crippen molar-refractivity contribution in [2.45, 2.75) is 33.2 Å². The summed E-state index contributed by atoms with van der Waals surface area (Å²) in [6.45, 7) is 4.73. The van der Waals surface area contributed by atoms with E-state index in [4.69, 9.17) is 0 Å². The van der Waals surface area contributed by atoms with Gasteiger partial charge in [0.2, 0.25) is 11.8 Å². The zero-order chi connectivity index (χ0) is 26.5. The summed E-state index contributed by atoms with van der Waals surface area (Å²) in [5, 5.41) is 9.36. The van der Waals surface area contributed by atoms with Gasteiger partial charge in [-0.1, -0.05) is 72.8 Å². The smallest absolute Gasteiger partial charge is 0.244 e. The maximum absolute atomic E-state index is 12.7. The Hall–Kier alpha value is -4.71. The zero-order valence-electron chi connectivity index (χ0n) is 21.6. The van der Waals surface area contributed by atoms with Crippen LogP contribution >= 0.6 is 0 Å². The van der Waals surface area contributed by atoms with Crippen molar-refractivity contribution in [1.82, 2.24) is 9.99 Å². The Morgan fingerprint density at radius 3 is 2.21 bits per heavy atom. The van der Waals surface area contributed by atoms with Gasteiger partial charge in [-0.3, -0.25) is 9.59 Å². The lowest BCUT2D eigenvalue weighted by Gasteiger charge is -2.07.